The second-order valence-corrected chi connectivity index (χ2v) is 8.85. The van der Waals surface area contributed by atoms with Gasteiger partial charge in [0.2, 0.25) is 11.1 Å². The highest BCUT2D eigenvalue weighted by Gasteiger charge is 2.31. The number of nitrogens with one attached hydrogen (secondary N) is 1. The standard InChI is InChI=1S/C21H20F3N5O3S/c1-20(2,3)18(31)25-14-6-4-13(5-7-14)17(30)12-33-19-26-27-28-29(19)15-8-10-16(11-9-15)32-21(22,23)24/h4-11H,12H2,1-3H3,(H,25,31). The second kappa shape index (κ2) is 9.61. The number of hydrogen-bond acceptors (Lipinski definition) is 7. The molecule has 174 valence electrons. The van der Waals surface area contributed by atoms with E-state index in [9.17, 15) is 22.8 Å². The topological polar surface area (TPSA) is 99.0 Å². The zero-order chi connectivity index (χ0) is 24.2. The van der Waals surface area contributed by atoms with Crippen molar-refractivity contribution in [3.05, 3.63) is 54.1 Å². The number of halogens is 3. The number of aromatic nitrogens is 4. The number of Topliss-reactive ketones (excluding diaryl/α,β-unsaturated/α-hetero) is 1. The predicted octanol–water partition coefficient (Wildman–Crippen LogP) is 4.52. The van der Waals surface area contributed by atoms with E-state index in [1.54, 1.807) is 45.0 Å². The first kappa shape index (κ1) is 24.2. The van der Waals surface area contributed by atoms with E-state index in [0.717, 1.165) is 23.9 Å². The molecular weight excluding hydrogens is 459 g/mol. The van der Waals surface area contributed by atoms with E-state index < -0.39 is 11.8 Å². The van der Waals surface area contributed by atoms with Gasteiger partial charge in [-0.1, -0.05) is 32.5 Å². The molecule has 0 aliphatic rings. The van der Waals surface area contributed by atoms with Crippen molar-refractivity contribution in [2.75, 3.05) is 11.1 Å². The molecule has 1 amide bonds. The van der Waals surface area contributed by atoms with Gasteiger partial charge in [-0.05, 0) is 59.0 Å². The maximum absolute atomic E-state index is 12.5. The number of thioether (sulfide) groups is 1. The molecular formula is C21H20F3N5O3S. The van der Waals surface area contributed by atoms with Crippen molar-refractivity contribution in [3.63, 3.8) is 0 Å². The van der Waals surface area contributed by atoms with Crippen molar-refractivity contribution >= 4 is 29.1 Å². The molecule has 33 heavy (non-hydrogen) atoms. The lowest BCUT2D eigenvalue weighted by molar-refractivity contribution is -0.274. The number of anilines is 1. The van der Waals surface area contributed by atoms with Crippen molar-refractivity contribution < 1.29 is 27.5 Å². The minimum absolute atomic E-state index is 0.0311. The summed E-state index contributed by atoms with van der Waals surface area (Å²) in [6.45, 7) is 5.40. The van der Waals surface area contributed by atoms with Crippen molar-refractivity contribution in [3.8, 4) is 11.4 Å². The fourth-order valence-electron chi connectivity index (χ4n) is 2.49. The van der Waals surface area contributed by atoms with Gasteiger partial charge in [0, 0.05) is 16.7 Å². The molecule has 0 radical (unpaired) electrons. The lowest BCUT2D eigenvalue weighted by Crippen LogP contribution is -2.27. The number of benzene rings is 2. The van der Waals surface area contributed by atoms with Crippen LogP contribution in [0.2, 0.25) is 0 Å². The van der Waals surface area contributed by atoms with Crippen LogP contribution in [0.5, 0.6) is 5.75 Å². The zero-order valence-electron chi connectivity index (χ0n) is 17.9. The highest BCUT2D eigenvalue weighted by molar-refractivity contribution is 7.99. The smallest absolute Gasteiger partial charge is 0.406 e. The quantitative estimate of drug-likeness (QED) is 0.393. The SMILES string of the molecule is CC(C)(C)C(=O)Nc1ccc(C(=O)CSc2nnnn2-c2ccc(OC(F)(F)F)cc2)cc1. The third-order valence-electron chi connectivity index (χ3n) is 4.23. The number of rotatable bonds is 7. The number of ether oxygens (including phenoxy) is 1. The van der Waals surface area contributed by atoms with E-state index in [0.29, 0.717) is 22.1 Å². The molecule has 0 aliphatic carbocycles. The molecule has 3 rings (SSSR count). The Balaban J connectivity index is 1.62. The summed E-state index contributed by atoms with van der Waals surface area (Å²) in [5.74, 6) is -0.659. The number of alkyl halides is 3. The van der Waals surface area contributed by atoms with Crippen molar-refractivity contribution in [2.24, 2.45) is 5.41 Å². The summed E-state index contributed by atoms with van der Waals surface area (Å²) in [4.78, 5) is 24.6. The average molecular weight is 479 g/mol. The first-order chi connectivity index (χ1) is 15.4. The van der Waals surface area contributed by atoms with Gasteiger partial charge < -0.3 is 10.1 Å². The molecule has 0 atom stereocenters. The molecule has 1 heterocycles. The Morgan fingerprint density at radius 3 is 2.24 bits per heavy atom. The monoisotopic (exact) mass is 479 g/mol. The van der Waals surface area contributed by atoms with Gasteiger partial charge in [0.05, 0.1) is 11.4 Å². The van der Waals surface area contributed by atoms with Gasteiger partial charge in [0.25, 0.3) is 0 Å². The molecule has 1 aromatic heterocycles. The van der Waals surface area contributed by atoms with Crippen LogP contribution < -0.4 is 10.1 Å². The highest BCUT2D eigenvalue weighted by Crippen LogP contribution is 2.25. The van der Waals surface area contributed by atoms with Gasteiger partial charge in [-0.25, -0.2) is 0 Å². The van der Waals surface area contributed by atoms with Crippen LogP contribution in [0, 0.1) is 5.41 Å². The number of nitrogens with zero attached hydrogens (tertiary/aromatic N) is 4. The van der Waals surface area contributed by atoms with Crippen molar-refractivity contribution in [1.29, 1.82) is 0 Å². The number of carbonyl (C=O) groups excluding carboxylic acids is 2. The first-order valence-electron chi connectivity index (χ1n) is 9.64. The summed E-state index contributed by atoms with van der Waals surface area (Å²) in [7, 11) is 0. The van der Waals surface area contributed by atoms with Gasteiger partial charge in [-0.15, -0.1) is 18.3 Å². The maximum atomic E-state index is 12.5. The zero-order valence-corrected chi connectivity index (χ0v) is 18.7. The number of amides is 1. The van der Waals surface area contributed by atoms with Crippen LogP contribution in [-0.2, 0) is 4.79 Å². The number of hydrogen-bond donors (Lipinski definition) is 1. The first-order valence-corrected chi connectivity index (χ1v) is 10.6. The van der Waals surface area contributed by atoms with E-state index in [4.69, 9.17) is 0 Å². The number of ketones is 1. The third-order valence-corrected chi connectivity index (χ3v) is 5.15. The number of tetrazole rings is 1. The summed E-state index contributed by atoms with van der Waals surface area (Å²) in [5, 5.41) is 14.3. The average Bonchev–Trinajstić information content (AvgIpc) is 3.20. The Kier molecular flexibility index (Phi) is 7.06. The molecule has 0 bridgehead atoms. The normalized spacial score (nSPS) is 11.8. The molecule has 0 spiro atoms. The third kappa shape index (κ3) is 6.78. The van der Waals surface area contributed by atoms with E-state index in [1.165, 1.54) is 16.8 Å². The fraction of sp³-hybridized carbons (Fsp3) is 0.286. The molecule has 12 heteroatoms. The van der Waals surface area contributed by atoms with Crippen LogP contribution in [0.3, 0.4) is 0 Å². The van der Waals surface area contributed by atoms with Crippen molar-refractivity contribution in [1.82, 2.24) is 20.2 Å². The van der Waals surface area contributed by atoms with Crippen LogP contribution in [-0.4, -0.2) is 44.0 Å². The van der Waals surface area contributed by atoms with E-state index >= 15 is 0 Å². The molecule has 1 N–H and O–H groups in total. The summed E-state index contributed by atoms with van der Waals surface area (Å²) >= 11 is 1.08. The largest absolute Gasteiger partial charge is 0.573 e. The Morgan fingerprint density at radius 2 is 1.67 bits per heavy atom. The van der Waals surface area contributed by atoms with Crippen LogP contribution in [0.4, 0.5) is 18.9 Å². The van der Waals surface area contributed by atoms with Gasteiger partial charge in [-0.2, -0.15) is 4.68 Å². The molecule has 0 unspecified atom stereocenters. The molecule has 0 aliphatic heterocycles. The van der Waals surface area contributed by atoms with Gasteiger partial charge >= 0.3 is 6.36 Å². The Bertz CT molecular complexity index is 1120. The maximum Gasteiger partial charge on any atom is 0.573 e. The summed E-state index contributed by atoms with van der Waals surface area (Å²) < 4.78 is 42.1. The van der Waals surface area contributed by atoms with Crippen LogP contribution in [0.15, 0.2) is 53.7 Å². The summed E-state index contributed by atoms with van der Waals surface area (Å²) in [6, 6.07) is 11.6. The molecule has 3 aromatic rings. The van der Waals surface area contributed by atoms with Crippen LogP contribution in [0.1, 0.15) is 31.1 Å². The predicted molar refractivity (Wildman–Crippen MR) is 115 cm³/mol. The highest BCUT2D eigenvalue weighted by atomic mass is 32.2. The summed E-state index contributed by atoms with van der Waals surface area (Å²) in [6.07, 6.45) is -4.78. The van der Waals surface area contributed by atoms with E-state index in [1.807, 2.05) is 0 Å². The minimum Gasteiger partial charge on any atom is -0.406 e. The summed E-state index contributed by atoms with van der Waals surface area (Å²) in [5.41, 5.74) is 0.897. The molecule has 0 fully saturated rings. The van der Waals surface area contributed by atoms with Crippen LogP contribution in [0.25, 0.3) is 5.69 Å². The molecule has 8 nitrogen and oxygen atoms in total. The Labute approximate surface area is 191 Å². The fourth-order valence-corrected chi connectivity index (χ4v) is 3.28. The minimum atomic E-state index is -4.78. The molecule has 0 saturated carbocycles. The lowest BCUT2D eigenvalue weighted by atomic mass is 9.95. The Morgan fingerprint density at radius 1 is 1.03 bits per heavy atom. The van der Waals surface area contributed by atoms with Crippen LogP contribution >= 0.6 is 11.8 Å². The lowest BCUT2D eigenvalue weighted by Gasteiger charge is -2.17. The van der Waals surface area contributed by atoms with Crippen molar-refractivity contribution in [2.45, 2.75) is 32.3 Å². The van der Waals surface area contributed by atoms with Gasteiger partial charge in [-0.3, -0.25) is 9.59 Å². The number of carbonyl (C=O) groups is 2. The molecule has 0 saturated heterocycles. The van der Waals surface area contributed by atoms with E-state index in [-0.39, 0.29) is 23.2 Å². The van der Waals surface area contributed by atoms with E-state index in [2.05, 4.69) is 25.6 Å². The second-order valence-electron chi connectivity index (χ2n) is 7.91. The molecule has 2 aromatic carbocycles. The Hall–Kier alpha value is -3.41. The van der Waals surface area contributed by atoms with Gasteiger partial charge in [0.15, 0.2) is 5.78 Å². The van der Waals surface area contributed by atoms with Gasteiger partial charge in [0.1, 0.15) is 5.75 Å².